The number of amides is 1. The van der Waals surface area contributed by atoms with Gasteiger partial charge in [0, 0.05) is 49.8 Å². The number of benzene rings is 2. The molecule has 1 saturated heterocycles. The highest BCUT2D eigenvalue weighted by atomic mass is 32.2. The lowest BCUT2D eigenvalue weighted by molar-refractivity contribution is -0.126. The van der Waals surface area contributed by atoms with Crippen LogP contribution in [-0.4, -0.2) is 54.7 Å². The molecule has 2 aliphatic heterocycles. The number of nitrogens with one attached hydrogen (secondary N) is 1. The highest BCUT2D eigenvalue weighted by Crippen LogP contribution is 2.33. The van der Waals surface area contributed by atoms with Crippen LogP contribution in [0, 0.1) is 5.92 Å². The Bertz CT molecular complexity index is 1280. The number of rotatable bonds is 6. The van der Waals surface area contributed by atoms with E-state index in [1.807, 2.05) is 36.5 Å². The quantitative estimate of drug-likeness (QED) is 0.563. The number of sulfonamides is 1. The van der Waals surface area contributed by atoms with Crippen molar-refractivity contribution in [3.8, 4) is 17.2 Å². The number of para-hydroxylation sites is 1. The van der Waals surface area contributed by atoms with Crippen molar-refractivity contribution in [3.63, 3.8) is 0 Å². The summed E-state index contributed by atoms with van der Waals surface area (Å²) in [5.41, 5.74) is 1.85. The lowest BCUT2D eigenvalue weighted by Gasteiger charge is -2.30. The van der Waals surface area contributed by atoms with Crippen LogP contribution >= 0.6 is 0 Å². The van der Waals surface area contributed by atoms with Crippen LogP contribution in [0.2, 0.25) is 0 Å². The van der Waals surface area contributed by atoms with E-state index in [2.05, 4.69) is 10.4 Å². The van der Waals surface area contributed by atoms with Crippen LogP contribution in [0.3, 0.4) is 0 Å². The average Bonchev–Trinajstić information content (AvgIpc) is 3.25. The first-order valence-corrected chi connectivity index (χ1v) is 13.2. The molecule has 1 aromatic heterocycles. The molecule has 2 aliphatic rings. The van der Waals surface area contributed by atoms with E-state index in [4.69, 9.17) is 9.47 Å². The second kappa shape index (κ2) is 10.1. The Morgan fingerprint density at radius 2 is 1.77 bits per heavy atom. The van der Waals surface area contributed by atoms with Crippen LogP contribution in [0.25, 0.3) is 5.69 Å². The molecule has 0 radical (unpaired) electrons. The molecule has 2 aromatic carbocycles. The van der Waals surface area contributed by atoms with Gasteiger partial charge in [0.2, 0.25) is 15.9 Å². The number of carbonyl (C=O) groups is 1. The Morgan fingerprint density at radius 3 is 2.54 bits per heavy atom. The minimum atomic E-state index is -3.68. The number of hydrogen-bond acceptors (Lipinski definition) is 6. The van der Waals surface area contributed by atoms with Gasteiger partial charge < -0.3 is 14.8 Å². The van der Waals surface area contributed by atoms with Gasteiger partial charge in [-0.3, -0.25) is 4.79 Å². The molecule has 0 atom stereocenters. The predicted molar refractivity (Wildman–Crippen MR) is 129 cm³/mol. The fourth-order valence-corrected chi connectivity index (χ4v) is 5.80. The van der Waals surface area contributed by atoms with Crippen LogP contribution in [0.1, 0.15) is 24.8 Å². The Balaban J connectivity index is 1.15. The van der Waals surface area contributed by atoms with E-state index < -0.39 is 10.0 Å². The number of nitrogens with zero attached hydrogens (tertiary/aromatic N) is 3. The monoisotopic (exact) mass is 496 g/mol. The third-order valence-electron chi connectivity index (χ3n) is 6.31. The van der Waals surface area contributed by atoms with Crippen LogP contribution < -0.4 is 14.8 Å². The molecule has 0 aliphatic carbocycles. The lowest BCUT2D eigenvalue weighted by atomic mass is 9.97. The third-order valence-corrected chi connectivity index (χ3v) is 8.20. The second-order valence-electron chi connectivity index (χ2n) is 8.68. The van der Waals surface area contributed by atoms with E-state index in [1.54, 1.807) is 23.0 Å². The van der Waals surface area contributed by atoms with Crippen LogP contribution in [-0.2, 0) is 21.4 Å². The summed E-state index contributed by atoms with van der Waals surface area (Å²) >= 11 is 0. The molecule has 9 nitrogen and oxygen atoms in total. The topological polar surface area (TPSA) is 103 Å². The van der Waals surface area contributed by atoms with Gasteiger partial charge in [-0.25, -0.2) is 13.1 Å². The zero-order chi connectivity index (χ0) is 24.3. The number of carbonyl (C=O) groups excluding carboxylic acids is 1. The van der Waals surface area contributed by atoms with Gasteiger partial charge in [0.1, 0.15) is 0 Å². The molecule has 1 amide bonds. The fraction of sp³-hybridized carbons (Fsp3) is 0.360. The summed E-state index contributed by atoms with van der Waals surface area (Å²) in [7, 11) is -3.68. The molecule has 1 fully saturated rings. The molecule has 0 saturated carbocycles. The first kappa shape index (κ1) is 23.4. The Morgan fingerprint density at radius 1 is 1.03 bits per heavy atom. The summed E-state index contributed by atoms with van der Waals surface area (Å²) in [4.78, 5) is 12.9. The normalized spacial score (nSPS) is 17.0. The van der Waals surface area contributed by atoms with Crippen molar-refractivity contribution in [2.45, 2.75) is 30.7 Å². The van der Waals surface area contributed by atoms with E-state index in [0.717, 1.165) is 17.7 Å². The molecule has 184 valence electrons. The molecular weight excluding hydrogens is 468 g/mol. The van der Waals surface area contributed by atoms with Crippen molar-refractivity contribution in [3.05, 3.63) is 66.5 Å². The largest absolute Gasteiger partial charge is 0.490 e. The highest BCUT2D eigenvalue weighted by molar-refractivity contribution is 7.89. The van der Waals surface area contributed by atoms with E-state index in [0.29, 0.717) is 57.2 Å². The first-order chi connectivity index (χ1) is 17.0. The first-order valence-electron chi connectivity index (χ1n) is 11.8. The van der Waals surface area contributed by atoms with Gasteiger partial charge >= 0.3 is 0 Å². The molecule has 5 rings (SSSR count). The summed E-state index contributed by atoms with van der Waals surface area (Å²) in [6.07, 6.45) is 5.32. The highest BCUT2D eigenvalue weighted by Gasteiger charge is 2.32. The third kappa shape index (κ3) is 5.18. The molecule has 10 heteroatoms. The van der Waals surface area contributed by atoms with Gasteiger partial charge in [-0.1, -0.05) is 18.2 Å². The van der Waals surface area contributed by atoms with Gasteiger partial charge in [-0.2, -0.15) is 9.40 Å². The van der Waals surface area contributed by atoms with E-state index >= 15 is 0 Å². The summed E-state index contributed by atoms with van der Waals surface area (Å²) in [5, 5.41) is 7.32. The Labute approximate surface area is 204 Å². The zero-order valence-corrected chi connectivity index (χ0v) is 20.1. The molecule has 35 heavy (non-hydrogen) atoms. The van der Waals surface area contributed by atoms with Crippen molar-refractivity contribution in [2.75, 3.05) is 26.3 Å². The maximum Gasteiger partial charge on any atom is 0.243 e. The minimum Gasteiger partial charge on any atom is -0.490 e. The Hall–Kier alpha value is -3.37. The van der Waals surface area contributed by atoms with Crippen LogP contribution in [0.15, 0.2) is 65.8 Å². The maximum absolute atomic E-state index is 13.2. The molecule has 0 bridgehead atoms. The van der Waals surface area contributed by atoms with Crippen molar-refractivity contribution < 1.29 is 22.7 Å². The van der Waals surface area contributed by atoms with Crippen LogP contribution in [0.4, 0.5) is 0 Å². The van der Waals surface area contributed by atoms with Crippen molar-refractivity contribution in [1.82, 2.24) is 19.4 Å². The number of ether oxygens (including phenoxy) is 2. The summed E-state index contributed by atoms with van der Waals surface area (Å²) < 4.78 is 40.8. The molecule has 1 N–H and O–H groups in total. The summed E-state index contributed by atoms with van der Waals surface area (Å²) in [6.45, 7) is 2.00. The van der Waals surface area contributed by atoms with Gasteiger partial charge in [0.05, 0.1) is 30.0 Å². The Kier molecular flexibility index (Phi) is 6.74. The smallest absolute Gasteiger partial charge is 0.243 e. The number of hydrogen-bond donors (Lipinski definition) is 1. The van der Waals surface area contributed by atoms with Gasteiger partial charge in [0.25, 0.3) is 0 Å². The molecule has 3 aromatic rings. The zero-order valence-electron chi connectivity index (χ0n) is 19.3. The SMILES string of the molecule is O=C(NCc1cnn(-c2ccccc2)c1)C1CCN(S(=O)(=O)c2ccc3c(c2)OCCCO3)CC1. The van der Waals surface area contributed by atoms with Crippen LogP contribution in [0.5, 0.6) is 11.5 Å². The number of piperidine rings is 1. The maximum atomic E-state index is 13.2. The predicted octanol–water partition coefficient (Wildman–Crippen LogP) is 2.75. The number of aromatic nitrogens is 2. The molecule has 0 spiro atoms. The van der Waals surface area contributed by atoms with E-state index in [9.17, 15) is 13.2 Å². The van der Waals surface area contributed by atoms with Crippen molar-refractivity contribution in [1.29, 1.82) is 0 Å². The lowest BCUT2D eigenvalue weighted by Crippen LogP contribution is -2.42. The minimum absolute atomic E-state index is 0.0647. The number of fused-ring (bicyclic) bond motifs is 1. The molecular formula is C25H28N4O5S. The van der Waals surface area contributed by atoms with Crippen molar-refractivity contribution >= 4 is 15.9 Å². The average molecular weight is 497 g/mol. The summed E-state index contributed by atoms with van der Waals surface area (Å²) in [5.74, 6) is 0.721. The molecule has 0 unspecified atom stereocenters. The fourth-order valence-electron chi connectivity index (χ4n) is 4.32. The van der Waals surface area contributed by atoms with Gasteiger partial charge in [-0.15, -0.1) is 0 Å². The van der Waals surface area contributed by atoms with Gasteiger partial charge in [0.15, 0.2) is 11.5 Å². The van der Waals surface area contributed by atoms with E-state index in [-0.39, 0.29) is 16.7 Å². The van der Waals surface area contributed by atoms with Crippen molar-refractivity contribution in [2.24, 2.45) is 5.92 Å². The van der Waals surface area contributed by atoms with E-state index in [1.165, 1.54) is 10.4 Å². The van der Waals surface area contributed by atoms with Gasteiger partial charge in [-0.05, 0) is 37.1 Å². The second-order valence-corrected chi connectivity index (χ2v) is 10.6. The summed E-state index contributed by atoms with van der Waals surface area (Å²) in [6, 6.07) is 14.5. The molecule has 3 heterocycles. The standard InChI is InChI=1S/C25H28N4O5S/c30-25(26-16-19-17-27-29(18-19)21-5-2-1-3-6-21)20-9-11-28(12-10-20)35(31,32)22-7-8-23-24(15-22)34-14-4-13-33-23/h1-3,5-8,15,17-18,20H,4,9-14,16H2,(H,26,30).